The van der Waals surface area contributed by atoms with Crippen LogP contribution >= 0.6 is 0 Å². The van der Waals surface area contributed by atoms with Gasteiger partial charge in [-0.2, -0.15) is 5.10 Å². The van der Waals surface area contributed by atoms with Crippen LogP contribution in [0.3, 0.4) is 0 Å². The average Bonchev–Trinajstić information content (AvgIpc) is 3.12. The van der Waals surface area contributed by atoms with E-state index >= 15 is 0 Å². The fraction of sp³-hybridized carbons (Fsp3) is 0.353. The van der Waals surface area contributed by atoms with E-state index in [9.17, 15) is 0 Å². The molecule has 4 heterocycles. The van der Waals surface area contributed by atoms with Crippen LogP contribution in [-0.2, 0) is 6.54 Å². The number of ether oxygens (including phenoxy) is 1. The molecule has 124 valence electrons. The summed E-state index contributed by atoms with van der Waals surface area (Å²) in [5.74, 6) is 1.67. The van der Waals surface area contributed by atoms with E-state index in [4.69, 9.17) is 4.74 Å². The number of pyridine rings is 1. The molecule has 0 atom stereocenters. The number of hydrogen-bond donors (Lipinski definition) is 0. The highest BCUT2D eigenvalue weighted by Crippen LogP contribution is 2.20. The van der Waals surface area contributed by atoms with Crippen molar-refractivity contribution in [2.45, 2.75) is 6.54 Å². The summed E-state index contributed by atoms with van der Waals surface area (Å²) in [5.41, 5.74) is 2.27. The summed E-state index contributed by atoms with van der Waals surface area (Å²) in [5, 5.41) is 4.28. The van der Waals surface area contributed by atoms with Gasteiger partial charge in [0.15, 0.2) is 5.82 Å². The van der Waals surface area contributed by atoms with E-state index in [2.05, 4.69) is 30.9 Å². The standard InChI is InChI=1S/C17H20N6O/c1-24-16-3-2-14(12-19-16)13-21-8-10-22(11-9-21)17-15-4-5-20-23(15)7-6-18-17/h2-7,12H,8-11,13H2,1H3. The summed E-state index contributed by atoms with van der Waals surface area (Å²) >= 11 is 0. The maximum Gasteiger partial charge on any atom is 0.212 e. The molecule has 7 heteroatoms. The number of fused-ring (bicyclic) bond motifs is 1. The molecule has 1 fully saturated rings. The Kier molecular flexibility index (Phi) is 4.00. The van der Waals surface area contributed by atoms with Crippen LogP contribution < -0.4 is 9.64 Å². The van der Waals surface area contributed by atoms with Crippen LogP contribution in [0.1, 0.15) is 5.56 Å². The van der Waals surface area contributed by atoms with E-state index in [1.807, 2.05) is 41.4 Å². The van der Waals surface area contributed by atoms with Gasteiger partial charge >= 0.3 is 0 Å². The lowest BCUT2D eigenvalue weighted by Crippen LogP contribution is -2.46. The Hall–Kier alpha value is -2.67. The number of anilines is 1. The van der Waals surface area contributed by atoms with E-state index in [-0.39, 0.29) is 0 Å². The lowest BCUT2D eigenvalue weighted by molar-refractivity contribution is 0.249. The molecule has 0 saturated carbocycles. The fourth-order valence-corrected chi connectivity index (χ4v) is 3.09. The topological polar surface area (TPSA) is 58.8 Å². The van der Waals surface area contributed by atoms with Gasteiger partial charge in [0.1, 0.15) is 5.52 Å². The zero-order valence-electron chi connectivity index (χ0n) is 13.7. The van der Waals surface area contributed by atoms with Gasteiger partial charge in [-0.25, -0.2) is 14.5 Å². The van der Waals surface area contributed by atoms with Gasteiger partial charge in [0.05, 0.1) is 13.3 Å². The third kappa shape index (κ3) is 2.90. The predicted octanol–water partition coefficient (Wildman–Crippen LogP) is 1.46. The minimum absolute atomic E-state index is 0.656. The van der Waals surface area contributed by atoms with Crippen molar-refractivity contribution < 1.29 is 4.74 Å². The largest absolute Gasteiger partial charge is 0.481 e. The monoisotopic (exact) mass is 324 g/mol. The molecule has 0 bridgehead atoms. The van der Waals surface area contributed by atoms with Gasteiger partial charge in [0.25, 0.3) is 0 Å². The number of rotatable bonds is 4. The highest BCUT2D eigenvalue weighted by molar-refractivity contribution is 5.68. The predicted molar refractivity (Wildman–Crippen MR) is 91.3 cm³/mol. The second-order valence-electron chi connectivity index (χ2n) is 5.88. The summed E-state index contributed by atoms with van der Waals surface area (Å²) in [6, 6.07) is 6.00. The van der Waals surface area contributed by atoms with Crippen molar-refractivity contribution in [2.75, 3.05) is 38.2 Å². The molecule has 1 saturated heterocycles. The number of aromatic nitrogens is 4. The Morgan fingerprint density at radius 3 is 2.67 bits per heavy atom. The summed E-state index contributed by atoms with van der Waals surface area (Å²) < 4.78 is 6.98. The lowest BCUT2D eigenvalue weighted by atomic mass is 10.2. The van der Waals surface area contributed by atoms with Crippen LogP contribution in [0.25, 0.3) is 5.52 Å². The van der Waals surface area contributed by atoms with Gasteiger partial charge in [-0.05, 0) is 11.6 Å². The average molecular weight is 324 g/mol. The van der Waals surface area contributed by atoms with Gasteiger partial charge in [0.2, 0.25) is 5.88 Å². The second-order valence-corrected chi connectivity index (χ2v) is 5.88. The van der Waals surface area contributed by atoms with Crippen molar-refractivity contribution in [1.82, 2.24) is 24.5 Å². The zero-order chi connectivity index (χ0) is 16.4. The van der Waals surface area contributed by atoms with E-state index in [1.54, 1.807) is 7.11 Å². The summed E-state index contributed by atoms with van der Waals surface area (Å²) in [6.07, 6.45) is 7.39. The highest BCUT2D eigenvalue weighted by Gasteiger charge is 2.20. The summed E-state index contributed by atoms with van der Waals surface area (Å²) in [4.78, 5) is 13.6. The van der Waals surface area contributed by atoms with E-state index in [1.165, 1.54) is 5.56 Å². The highest BCUT2D eigenvalue weighted by atomic mass is 16.5. The molecule has 0 spiro atoms. The van der Waals surface area contributed by atoms with Gasteiger partial charge in [0, 0.05) is 57.4 Å². The molecule has 3 aromatic heterocycles. The number of hydrogen-bond acceptors (Lipinski definition) is 6. The Morgan fingerprint density at radius 2 is 1.92 bits per heavy atom. The minimum atomic E-state index is 0.656. The molecule has 3 aromatic rings. The first-order chi connectivity index (χ1) is 11.8. The molecule has 7 nitrogen and oxygen atoms in total. The van der Waals surface area contributed by atoms with Crippen LogP contribution in [0.4, 0.5) is 5.82 Å². The van der Waals surface area contributed by atoms with E-state index in [0.717, 1.165) is 44.1 Å². The molecule has 0 aliphatic carbocycles. The molecule has 1 aliphatic heterocycles. The van der Waals surface area contributed by atoms with Crippen molar-refractivity contribution in [3.8, 4) is 5.88 Å². The first kappa shape index (κ1) is 14.9. The molecule has 0 N–H and O–H groups in total. The van der Waals surface area contributed by atoms with Crippen LogP contribution in [-0.4, -0.2) is 57.8 Å². The number of piperazine rings is 1. The molecule has 0 aromatic carbocycles. The van der Waals surface area contributed by atoms with Crippen molar-refractivity contribution in [3.63, 3.8) is 0 Å². The zero-order valence-corrected chi connectivity index (χ0v) is 13.7. The maximum absolute atomic E-state index is 5.11. The third-order valence-electron chi connectivity index (χ3n) is 4.39. The third-order valence-corrected chi connectivity index (χ3v) is 4.39. The van der Waals surface area contributed by atoms with Gasteiger partial charge < -0.3 is 9.64 Å². The Labute approximate surface area is 140 Å². The quantitative estimate of drug-likeness (QED) is 0.724. The van der Waals surface area contributed by atoms with Gasteiger partial charge in [-0.15, -0.1) is 0 Å². The summed E-state index contributed by atoms with van der Waals surface area (Å²) in [7, 11) is 1.64. The Morgan fingerprint density at radius 1 is 1.04 bits per heavy atom. The number of methoxy groups -OCH3 is 1. The molecule has 0 radical (unpaired) electrons. The molecule has 0 amide bonds. The number of nitrogens with zero attached hydrogens (tertiary/aromatic N) is 6. The van der Waals surface area contributed by atoms with Crippen LogP contribution in [0.15, 0.2) is 43.0 Å². The van der Waals surface area contributed by atoms with Crippen molar-refractivity contribution >= 4 is 11.3 Å². The summed E-state index contributed by atoms with van der Waals surface area (Å²) in [6.45, 7) is 4.84. The molecule has 0 unspecified atom stereocenters. The van der Waals surface area contributed by atoms with Crippen LogP contribution in [0, 0.1) is 0 Å². The molecular weight excluding hydrogens is 304 g/mol. The molecule has 1 aliphatic rings. The van der Waals surface area contributed by atoms with E-state index < -0.39 is 0 Å². The normalized spacial score (nSPS) is 15.8. The Balaban J connectivity index is 1.40. The van der Waals surface area contributed by atoms with Crippen molar-refractivity contribution in [3.05, 3.63) is 48.5 Å². The van der Waals surface area contributed by atoms with Crippen LogP contribution in [0.5, 0.6) is 5.88 Å². The first-order valence-corrected chi connectivity index (χ1v) is 8.08. The van der Waals surface area contributed by atoms with Crippen molar-refractivity contribution in [1.29, 1.82) is 0 Å². The van der Waals surface area contributed by atoms with Crippen LogP contribution in [0.2, 0.25) is 0 Å². The SMILES string of the molecule is COc1ccc(CN2CCN(c3nccn4nccc34)CC2)cn1. The van der Waals surface area contributed by atoms with Gasteiger partial charge in [-0.1, -0.05) is 6.07 Å². The Bertz CT molecular complexity index is 807. The van der Waals surface area contributed by atoms with E-state index in [0.29, 0.717) is 5.88 Å². The maximum atomic E-state index is 5.11. The van der Waals surface area contributed by atoms with Crippen molar-refractivity contribution in [2.24, 2.45) is 0 Å². The second kappa shape index (κ2) is 6.45. The smallest absolute Gasteiger partial charge is 0.212 e. The molecule has 24 heavy (non-hydrogen) atoms. The molecule has 4 rings (SSSR count). The lowest BCUT2D eigenvalue weighted by Gasteiger charge is -2.35. The minimum Gasteiger partial charge on any atom is -0.481 e. The first-order valence-electron chi connectivity index (χ1n) is 8.08. The fourth-order valence-electron chi connectivity index (χ4n) is 3.09. The molecular formula is C17H20N6O. The van der Waals surface area contributed by atoms with Gasteiger partial charge in [-0.3, -0.25) is 4.90 Å².